The summed E-state index contributed by atoms with van der Waals surface area (Å²) in [5.41, 5.74) is 0. The largest absolute Gasteiger partial charge is 0.500 e. The standard InChI is InChI=1S/C31H65ClO3Si/c1-4-33-36(34-5-2,35-6-3)31-29-27-25-23-21-19-17-15-13-11-9-7-8-10-12-14-16-18-20-22-24-26-28-30-32/h4-31H2,1-3H3. The molecule has 0 aliphatic carbocycles. The molecule has 0 bridgehead atoms. The molecular weight excluding hydrogens is 484 g/mol. The minimum absolute atomic E-state index is 0.684. The summed E-state index contributed by atoms with van der Waals surface area (Å²) in [6, 6.07) is 0.971. The second-order valence-electron chi connectivity index (χ2n) is 10.6. The summed E-state index contributed by atoms with van der Waals surface area (Å²) in [5, 5.41) is 0. The Balaban J connectivity index is 3.30. The van der Waals surface area contributed by atoms with Crippen molar-refractivity contribution < 1.29 is 13.3 Å². The van der Waals surface area contributed by atoms with Crippen LogP contribution >= 0.6 is 11.6 Å². The zero-order valence-electron chi connectivity index (χ0n) is 24.9. The Morgan fingerprint density at radius 1 is 0.361 bits per heavy atom. The fourth-order valence-electron chi connectivity index (χ4n) is 5.15. The number of halogens is 1. The van der Waals surface area contributed by atoms with E-state index in [1.54, 1.807) is 0 Å². The van der Waals surface area contributed by atoms with Crippen LogP contribution in [0.1, 0.15) is 168 Å². The van der Waals surface area contributed by atoms with Gasteiger partial charge < -0.3 is 13.3 Å². The quantitative estimate of drug-likeness (QED) is 0.0489. The Bertz CT molecular complexity index is 394. The van der Waals surface area contributed by atoms with E-state index in [1.165, 1.54) is 148 Å². The molecule has 36 heavy (non-hydrogen) atoms. The van der Waals surface area contributed by atoms with Gasteiger partial charge in [0.25, 0.3) is 0 Å². The Hall–Kier alpha value is 0.387. The predicted octanol–water partition coefficient (Wildman–Crippen LogP) is 11.2. The lowest BCUT2D eigenvalue weighted by molar-refractivity contribution is 0.0706. The van der Waals surface area contributed by atoms with E-state index in [0.29, 0.717) is 19.8 Å². The smallest absolute Gasteiger partial charge is 0.374 e. The number of rotatable bonds is 31. The number of hydrogen-bond acceptors (Lipinski definition) is 3. The summed E-state index contributed by atoms with van der Waals surface area (Å²) in [5.74, 6) is 0.838. The van der Waals surface area contributed by atoms with Crippen LogP contribution in [-0.2, 0) is 13.3 Å². The van der Waals surface area contributed by atoms with Crippen LogP contribution in [0.3, 0.4) is 0 Å². The molecule has 0 aliphatic rings. The van der Waals surface area contributed by atoms with Crippen molar-refractivity contribution in [1.29, 1.82) is 0 Å². The topological polar surface area (TPSA) is 27.7 Å². The van der Waals surface area contributed by atoms with Crippen LogP contribution in [0.2, 0.25) is 6.04 Å². The average molecular weight is 549 g/mol. The van der Waals surface area contributed by atoms with Crippen molar-refractivity contribution in [3.05, 3.63) is 0 Å². The first-order valence-corrected chi connectivity index (χ1v) is 18.7. The molecule has 0 radical (unpaired) electrons. The predicted molar refractivity (Wildman–Crippen MR) is 162 cm³/mol. The first-order chi connectivity index (χ1) is 17.7. The summed E-state index contributed by atoms with van der Waals surface area (Å²) in [6.07, 6.45) is 32.2. The summed E-state index contributed by atoms with van der Waals surface area (Å²) in [6.45, 7) is 8.17. The second-order valence-corrected chi connectivity index (χ2v) is 13.7. The first-order valence-electron chi connectivity index (χ1n) is 16.2. The van der Waals surface area contributed by atoms with Gasteiger partial charge in [0.2, 0.25) is 0 Å². The average Bonchev–Trinajstić information content (AvgIpc) is 2.87. The minimum Gasteiger partial charge on any atom is -0.374 e. The highest BCUT2D eigenvalue weighted by Gasteiger charge is 2.39. The fourth-order valence-corrected chi connectivity index (χ4v) is 8.02. The van der Waals surface area contributed by atoms with Gasteiger partial charge in [0.15, 0.2) is 0 Å². The van der Waals surface area contributed by atoms with Crippen molar-refractivity contribution in [2.45, 2.75) is 174 Å². The van der Waals surface area contributed by atoms with Crippen LogP contribution in [0.4, 0.5) is 0 Å². The number of hydrogen-bond donors (Lipinski definition) is 0. The van der Waals surface area contributed by atoms with Crippen LogP contribution in [0, 0.1) is 0 Å². The Kier molecular flexibility index (Phi) is 30.3. The van der Waals surface area contributed by atoms with Gasteiger partial charge in [0.1, 0.15) is 0 Å². The van der Waals surface area contributed by atoms with E-state index in [4.69, 9.17) is 24.9 Å². The summed E-state index contributed by atoms with van der Waals surface area (Å²) >= 11 is 5.72. The van der Waals surface area contributed by atoms with Crippen molar-refractivity contribution in [3.63, 3.8) is 0 Å². The zero-order valence-corrected chi connectivity index (χ0v) is 26.7. The molecule has 0 aromatic carbocycles. The maximum absolute atomic E-state index is 5.95. The van der Waals surface area contributed by atoms with E-state index < -0.39 is 8.80 Å². The summed E-state index contributed by atoms with van der Waals surface area (Å²) in [7, 11) is -2.42. The van der Waals surface area contributed by atoms with Crippen LogP contribution < -0.4 is 0 Å². The molecule has 0 saturated carbocycles. The highest BCUT2D eigenvalue weighted by atomic mass is 35.5. The lowest BCUT2D eigenvalue weighted by atomic mass is 10.0. The number of unbranched alkanes of at least 4 members (excludes halogenated alkanes) is 22. The van der Waals surface area contributed by atoms with E-state index in [1.807, 2.05) is 20.8 Å². The van der Waals surface area contributed by atoms with Gasteiger partial charge in [0.05, 0.1) is 0 Å². The molecular formula is C31H65ClO3Si. The van der Waals surface area contributed by atoms with E-state index in [0.717, 1.165) is 11.9 Å². The first kappa shape index (κ1) is 36.4. The molecule has 3 nitrogen and oxygen atoms in total. The lowest BCUT2D eigenvalue weighted by Gasteiger charge is -2.28. The van der Waals surface area contributed by atoms with E-state index in [9.17, 15) is 0 Å². The molecule has 0 amide bonds. The molecule has 0 saturated heterocycles. The highest BCUT2D eigenvalue weighted by Crippen LogP contribution is 2.21. The second kappa shape index (κ2) is 29.9. The van der Waals surface area contributed by atoms with Gasteiger partial charge in [-0.05, 0) is 33.6 Å². The summed E-state index contributed by atoms with van der Waals surface area (Å²) < 4.78 is 17.9. The van der Waals surface area contributed by atoms with Crippen molar-refractivity contribution in [2.75, 3.05) is 25.7 Å². The lowest BCUT2D eigenvalue weighted by Crippen LogP contribution is -2.45. The molecule has 218 valence electrons. The van der Waals surface area contributed by atoms with Gasteiger partial charge in [-0.3, -0.25) is 0 Å². The molecule has 0 aliphatic heterocycles. The van der Waals surface area contributed by atoms with E-state index in [2.05, 4.69) is 0 Å². The molecule has 0 aromatic heterocycles. The van der Waals surface area contributed by atoms with Crippen molar-refractivity contribution >= 4 is 20.4 Å². The molecule has 0 N–H and O–H groups in total. The van der Waals surface area contributed by atoms with Gasteiger partial charge in [-0.2, -0.15) is 0 Å². The molecule has 0 heterocycles. The van der Waals surface area contributed by atoms with Crippen molar-refractivity contribution in [1.82, 2.24) is 0 Å². The maximum atomic E-state index is 5.95. The fraction of sp³-hybridized carbons (Fsp3) is 1.00. The molecule has 0 atom stereocenters. The van der Waals surface area contributed by atoms with Crippen LogP contribution in [0.25, 0.3) is 0 Å². The van der Waals surface area contributed by atoms with Gasteiger partial charge in [-0.25, -0.2) is 0 Å². The Morgan fingerprint density at radius 2 is 0.583 bits per heavy atom. The van der Waals surface area contributed by atoms with Crippen LogP contribution in [0.15, 0.2) is 0 Å². The zero-order chi connectivity index (χ0) is 26.4. The monoisotopic (exact) mass is 548 g/mol. The van der Waals surface area contributed by atoms with Gasteiger partial charge in [0, 0.05) is 31.7 Å². The third kappa shape index (κ3) is 24.7. The normalized spacial score (nSPS) is 12.0. The SMILES string of the molecule is CCO[Si](CCCCCCCCCCCCCCCCCCCCCCCCCCl)(OCC)OCC. The minimum atomic E-state index is -2.42. The Morgan fingerprint density at radius 3 is 0.806 bits per heavy atom. The molecule has 0 aromatic rings. The third-order valence-corrected chi connectivity index (χ3v) is 10.6. The van der Waals surface area contributed by atoms with E-state index >= 15 is 0 Å². The summed E-state index contributed by atoms with van der Waals surface area (Å²) in [4.78, 5) is 0. The molecule has 0 fully saturated rings. The number of alkyl halides is 1. The van der Waals surface area contributed by atoms with Gasteiger partial charge in [-0.15, -0.1) is 11.6 Å². The molecule has 0 unspecified atom stereocenters. The van der Waals surface area contributed by atoms with Crippen molar-refractivity contribution in [2.24, 2.45) is 0 Å². The molecule has 5 heteroatoms. The van der Waals surface area contributed by atoms with Crippen LogP contribution in [0.5, 0.6) is 0 Å². The molecule has 0 spiro atoms. The van der Waals surface area contributed by atoms with Gasteiger partial charge >= 0.3 is 8.80 Å². The highest BCUT2D eigenvalue weighted by molar-refractivity contribution is 6.60. The van der Waals surface area contributed by atoms with Crippen LogP contribution in [-0.4, -0.2) is 34.5 Å². The van der Waals surface area contributed by atoms with Crippen molar-refractivity contribution in [3.8, 4) is 0 Å². The third-order valence-electron chi connectivity index (χ3n) is 7.21. The maximum Gasteiger partial charge on any atom is 0.500 e. The Labute approximate surface area is 233 Å². The molecule has 0 rings (SSSR count). The van der Waals surface area contributed by atoms with E-state index in [-0.39, 0.29) is 0 Å². The van der Waals surface area contributed by atoms with Gasteiger partial charge in [-0.1, -0.05) is 135 Å².